The average molecular weight is 240 g/mol. The molecule has 1 aliphatic heterocycles. The molecule has 0 aromatic heterocycles. The van der Waals surface area contributed by atoms with Crippen molar-refractivity contribution < 1.29 is 13.6 Å². The van der Waals surface area contributed by atoms with Gasteiger partial charge in [-0.25, -0.2) is 8.78 Å². The van der Waals surface area contributed by atoms with Crippen molar-refractivity contribution >= 4 is 5.91 Å². The Bertz CT molecular complexity index is 400. The van der Waals surface area contributed by atoms with E-state index in [0.29, 0.717) is 6.42 Å². The summed E-state index contributed by atoms with van der Waals surface area (Å²) < 4.78 is 25.2. The monoisotopic (exact) mass is 240 g/mol. The molecular weight excluding hydrogens is 226 g/mol. The van der Waals surface area contributed by atoms with Gasteiger partial charge < -0.3 is 10.6 Å². The number of alkyl halides is 2. The Labute approximate surface area is 98.2 Å². The van der Waals surface area contributed by atoms with E-state index >= 15 is 0 Å². The van der Waals surface area contributed by atoms with Gasteiger partial charge in [0.15, 0.2) is 0 Å². The Morgan fingerprint density at radius 1 is 1.35 bits per heavy atom. The second kappa shape index (κ2) is 4.41. The Morgan fingerprint density at radius 3 is 2.47 bits per heavy atom. The number of nitrogens with two attached hydrogens (primary N) is 1. The van der Waals surface area contributed by atoms with Gasteiger partial charge in [0, 0.05) is 0 Å². The number of likely N-dealkylation sites (tertiary alicyclic amines) is 1. The lowest BCUT2D eigenvalue weighted by Crippen LogP contribution is -2.62. The van der Waals surface area contributed by atoms with E-state index in [1.807, 2.05) is 30.3 Å². The van der Waals surface area contributed by atoms with E-state index in [4.69, 9.17) is 5.73 Å². The van der Waals surface area contributed by atoms with E-state index in [1.54, 1.807) is 0 Å². The van der Waals surface area contributed by atoms with Gasteiger partial charge in [-0.3, -0.25) is 4.79 Å². The molecule has 1 amide bonds. The normalized spacial score (nSPS) is 19.6. The summed E-state index contributed by atoms with van der Waals surface area (Å²) in [4.78, 5) is 12.8. The number of carbonyl (C=O) groups is 1. The van der Waals surface area contributed by atoms with Gasteiger partial charge in [0.25, 0.3) is 5.92 Å². The summed E-state index contributed by atoms with van der Waals surface area (Å²) in [5, 5.41) is 0. The number of rotatable bonds is 3. The van der Waals surface area contributed by atoms with Crippen molar-refractivity contribution in [1.29, 1.82) is 0 Å². The molecular formula is C12H14F2N2O. The van der Waals surface area contributed by atoms with Crippen LogP contribution in [0.15, 0.2) is 30.3 Å². The summed E-state index contributed by atoms with van der Waals surface area (Å²) in [6.07, 6.45) is 0.377. The highest BCUT2D eigenvalue weighted by Gasteiger charge is 2.47. The van der Waals surface area contributed by atoms with Crippen molar-refractivity contribution in [2.75, 3.05) is 13.1 Å². The maximum absolute atomic E-state index is 12.6. The predicted octanol–water partition coefficient (Wildman–Crippen LogP) is 1.03. The van der Waals surface area contributed by atoms with Crippen LogP contribution in [0.2, 0.25) is 0 Å². The standard InChI is InChI=1S/C12H14F2N2O/c13-12(14)7-16(8-12)11(17)10(15)6-9-4-2-1-3-5-9/h1-5,10H,6-8,15H2/t10-/m0/s1. The molecule has 2 rings (SSSR count). The minimum Gasteiger partial charge on any atom is -0.329 e. The Morgan fingerprint density at radius 2 is 1.94 bits per heavy atom. The van der Waals surface area contributed by atoms with Gasteiger partial charge in [0.2, 0.25) is 5.91 Å². The summed E-state index contributed by atoms with van der Waals surface area (Å²) in [5.74, 6) is -3.14. The molecule has 1 aromatic carbocycles. The first-order valence-electron chi connectivity index (χ1n) is 5.44. The quantitative estimate of drug-likeness (QED) is 0.857. The van der Waals surface area contributed by atoms with E-state index in [0.717, 1.165) is 10.5 Å². The summed E-state index contributed by atoms with van der Waals surface area (Å²) in [6.45, 7) is -1.01. The minimum atomic E-state index is -2.73. The highest BCUT2D eigenvalue weighted by molar-refractivity contribution is 5.83. The summed E-state index contributed by atoms with van der Waals surface area (Å²) in [5.41, 5.74) is 6.64. The number of halogens is 2. The van der Waals surface area contributed by atoms with E-state index in [9.17, 15) is 13.6 Å². The largest absolute Gasteiger partial charge is 0.329 e. The number of nitrogens with zero attached hydrogens (tertiary/aromatic N) is 1. The van der Waals surface area contributed by atoms with Crippen molar-refractivity contribution in [2.45, 2.75) is 18.4 Å². The van der Waals surface area contributed by atoms with E-state index in [-0.39, 0.29) is 0 Å². The number of amides is 1. The molecule has 1 atom stereocenters. The molecule has 92 valence electrons. The highest BCUT2D eigenvalue weighted by Crippen LogP contribution is 2.27. The maximum atomic E-state index is 12.6. The maximum Gasteiger partial charge on any atom is 0.282 e. The molecule has 1 fully saturated rings. The zero-order chi connectivity index (χ0) is 12.5. The van der Waals surface area contributed by atoms with Gasteiger partial charge in [-0.1, -0.05) is 30.3 Å². The molecule has 0 unspecified atom stereocenters. The fraction of sp³-hybridized carbons (Fsp3) is 0.417. The lowest BCUT2D eigenvalue weighted by Gasteiger charge is -2.39. The minimum absolute atomic E-state index is 0.377. The second-order valence-corrected chi connectivity index (χ2v) is 4.35. The first-order chi connectivity index (χ1) is 7.98. The van der Waals surface area contributed by atoms with Crippen LogP contribution >= 0.6 is 0 Å². The molecule has 1 aromatic rings. The topological polar surface area (TPSA) is 46.3 Å². The van der Waals surface area contributed by atoms with Crippen molar-refractivity contribution in [1.82, 2.24) is 4.90 Å². The average Bonchev–Trinajstić information content (AvgIpc) is 2.26. The summed E-state index contributed by atoms with van der Waals surface area (Å²) in [6, 6.07) is 8.55. The third kappa shape index (κ3) is 2.79. The fourth-order valence-corrected chi connectivity index (χ4v) is 1.86. The van der Waals surface area contributed by atoms with Crippen molar-refractivity contribution in [3.8, 4) is 0 Å². The predicted molar refractivity (Wildman–Crippen MR) is 59.6 cm³/mol. The van der Waals surface area contributed by atoms with Gasteiger partial charge in [0.05, 0.1) is 19.1 Å². The zero-order valence-electron chi connectivity index (χ0n) is 9.27. The first-order valence-corrected chi connectivity index (χ1v) is 5.44. The second-order valence-electron chi connectivity index (χ2n) is 4.35. The van der Waals surface area contributed by atoms with Gasteiger partial charge in [0.1, 0.15) is 0 Å². The molecule has 0 radical (unpaired) electrons. The van der Waals surface area contributed by atoms with Gasteiger partial charge >= 0.3 is 0 Å². The van der Waals surface area contributed by atoms with E-state index in [2.05, 4.69) is 0 Å². The molecule has 5 heteroatoms. The van der Waals surface area contributed by atoms with Crippen LogP contribution in [0.1, 0.15) is 5.56 Å². The molecule has 0 aliphatic carbocycles. The van der Waals surface area contributed by atoms with Crippen LogP contribution in [0.25, 0.3) is 0 Å². The molecule has 0 spiro atoms. The van der Waals surface area contributed by atoms with Crippen LogP contribution < -0.4 is 5.73 Å². The molecule has 3 nitrogen and oxygen atoms in total. The van der Waals surface area contributed by atoms with Gasteiger partial charge in [-0.2, -0.15) is 0 Å². The van der Waals surface area contributed by atoms with Crippen LogP contribution in [0.5, 0.6) is 0 Å². The SMILES string of the molecule is N[C@@H](Cc1ccccc1)C(=O)N1CC(F)(F)C1. The molecule has 1 aliphatic rings. The number of carbonyl (C=O) groups excluding carboxylic acids is 1. The summed E-state index contributed by atoms with van der Waals surface area (Å²) >= 11 is 0. The van der Waals surface area contributed by atoms with E-state index < -0.39 is 31.0 Å². The number of hydrogen-bond acceptors (Lipinski definition) is 2. The van der Waals surface area contributed by atoms with Crippen LogP contribution in [0, 0.1) is 0 Å². The third-order valence-corrected chi connectivity index (χ3v) is 2.77. The van der Waals surface area contributed by atoms with Crippen LogP contribution in [0.4, 0.5) is 8.78 Å². The number of benzene rings is 1. The molecule has 0 saturated carbocycles. The lowest BCUT2D eigenvalue weighted by molar-refractivity contribution is -0.166. The Kier molecular flexibility index (Phi) is 3.11. The molecule has 2 N–H and O–H groups in total. The van der Waals surface area contributed by atoms with Crippen molar-refractivity contribution in [2.24, 2.45) is 5.73 Å². The third-order valence-electron chi connectivity index (χ3n) is 2.77. The number of hydrogen-bond donors (Lipinski definition) is 1. The highest BCUT2D eigenvalue weighted by atomic mass is 19.3. The van der Waals surface area contributed by atoms with Crippen LogP contribution in [0.3, 0.4) is 0 Å². The molecule has 1 heterocycles. The van der Waals surface area contributed by atoms with Gasteiger partial charge in [-0.15, -0.1) is 0 Å². The van der Waals surface area contributed by atoms with Crippen molar-refractivity contribution in [3.05, 3.63) is 35.9 Å². The van der Waals surface area contributed by atoms with Crippen molar-refractivity contribution in [3.63, 3.8) is 0 Å². The first kappa shape index (κ1) is 12.0. The molecule has 1 saturated heterocycles. The summed E-state index contributed by atoms with van der Waals surface area (Å²) in [7, 11) is 0. The van der Waals surface area contributed by atoms with Crippen LogP contribution in [-0.2, 0) is 11.2 Å². The zero-order valence-corrected chi connectivity index (χ0v) is 9.27. The van der Waals surface area contributed by atoms with E-state index in [1.165, 1.54) is 0 Å². The Hall–Kier alpha value is -1.49. The van der Waals surface area contributed by atoms with Crippen LogP contribution in [-0.4, -0.2) is 35.9 Å². The smallest absolute Gasteiger partial charge is 0.282 e. The Balaban J connectivity index is 1.89. The van der Waals surface area contributed by atoms with Gasteiger partial charge in [-0.05, 0) is 12.0 Å². The fourth-order valence-electron chi connectivity index (χ4n) is 1.86. The lowest BCUT2D eigenvalue weighted by atomic mass is 10.0. The molecule has 0 bridgehead atoms. The molecule has 17 heavy (non-hydrogen) atoms.